The quantitative estimate of drug-likeness (QED) is 0.682. The number of nitrogens with zero attached hydrogens (tertiary/aromatic N) is 3. The van der Waals surface area contributed by atoms with Crippen LogP contribution in [0.5, 0.6) is 0 Å². The SMILES string of the molecule is c1cn2c(-c3ccc(C4CC4)cc3)cnc2cn1. The van der Waals surface area contributed by atoms with E-state index in [1.165, 1.54) is 24.0 Å². The topological polar surface area (TPSA) is 30.2 Å². The standard InChI is InChI=1S/C15H13N3/c1-2-11(1)12-3-5-13(6-4-12)14-9-17-15-10-16-7-8-18(14)15/h3-11H,1-2H2. The van der Waals surface area contributed by atoms with Gasteiger partial charge in [0.2, 0.25) is 0 Å². The Labute approximate surface area is 105 Å². The van der Waals surface area contributed by atoms with Gasteiger partial charge in [0.15, 0.2) is 5.65 Å². The van der Waals surface area contributed by atoms with Gasteiger partial charge in [0.05, 0.1) is 18.1 Å². The monoisotopic (exact) mass is 235 g/mol. The maximum Gasteiger partial charge on any atom is 0.155 e. The Balaban J connectivity index is 1.81. The number of hydrogen-bond donors (Lipinski definition) is 0. The molecule has 18 heavy (non-hydrogen) atoms. The van der Waals surface area contributed by atoms with Crippen molar-refractivity contribution in [1.82, 2.24) is 14.4 Å². The minimum atomic E-state index is 0.811. The van der Waals surface area contributed by atoms with Crippen LogP contribution in [-0.4, -0.2) is 14.4 Å². The highest BCUT2D eigenvalue weighted by molar-refractivity contribution is 5.63. The molecule has 1 aliphatic rings. The van der Waals surface area contributed by atoms with E-state index >= 15 is 0 Å². The largest absolute Gasteiger partial charge is 0.297 e. The number of benzene rings is 1. The van der Waals surface area contributed by atoms with E-state index < -0.39 is 0 Å². The molecule has 0 atom stereocenters. The van der Waals surface area contributed by atoms with Crippen LogP contribution in [0.1, 0.15) is 24.3 Å². The van der Waals surface area contributed by atoms with E-state index in [-0.39, 0.29) is 0 Å². The summed E-state index contributed by atoms with van der Waals surface area (Å²) in [5.41, 5.74) is 4.68. The van der Waals surface area contributed by atoms with Gasteiger partial charge in [-0.25, -0.2) is 4.98 Å². The molecule has 0 aliphatic heterocycles. The highest BCUT2D eigenvalue weighted by atomic mass is 15.0. The van der Waals surface area contributed by atoms with E-state index in [0.717, 1.165) is 17.3 Å². The molecule has 0 radical (unpaired) electrons. The molecule has 0 unspecified atom stereocenters. The zero-order valence-electron chi connectivity index (χ0n) is 9.95. The Hall–Kier alpha value is -2.16. The van der Waals surface area contributed by atoms with Gasteiger partial charge < -0.3 is 0 Å². The van der Waals surface area contributed by atoms with Crippen LogP contribution in [-0.2, 0) is 0 Å². The third-order valence-corrected chi connectivity index (χ3v) is 3.57. The third-order valence-electron chi connectivity index (χ3n) is 3.57. The van der Waals surface area contributed by atoms with Gasteiger partial charge in [-0.1, -0.05) is 24.3 Å². The smallest absolute Gasteiger partial charge is 0.155 e. The Kier molecular flexibility index (Phi) is 2.00. The normalized spacial score (nSPS) is 15.1. The van der Waals surface area contributed by atoms with Gasteiger partial charge in [-0.05, 0) is 24.3 Å². The lowest BCUT2D eigenvalue weighted by molar-refractivity contribution is 1.12. The first kappa shape index (κ1) is 9.83. The molecule has 3 aromatic rings. The predicted octanol–water partition coefficient (Wildman–Crippen LogP) is 3.27. The molecule has 0 N–H and O–H groups in total. The second-order valence-corrected chi connectivity index (χ2v) is 4.84. The van der Waals surface area contributed by atoms with Crippen LogP contribution in [0.25, 0.3) is 16.9 Å². The van der Waals surface area contributed by atoms with E-state index in [4.69, 9.17) is 0 Å². The summed E-state index contributed by atoms with van der Waals surface area (Å²) >= 11 is 0. The molecule has 3 heteroatoms. The summed E-state index contributed by atoms with van der Waals surface area (Å²) in [6, 6.07) is 8.87. The van der Waals surface area contributed by atoms with Crippen LogP contribution in [0.3, 0.4) is 0 Å². The lowest BCUT2D eigenvalue weighted by Gasteiger charge is -2.03. The van der Waals surface area contributed by atoms with Gasteiger partial charge >= 0.3 is 0 Å². The van der Waals surface area contributed by atoms with E-state index in [1.54, 1.807) is 12.4 Å². The molecule has 1 saturated carbocycles. The van der Waals surface area contributed by atoms with E-state index in [9.17, 15) is 0 Å². The molecule has 1 aromatic carbocycles. The van der Waals surface area contributed by atoms with E-state index in [0.29, 0.717) is 0 Å². The lowest BCUT2D eigenvalue weighted by Crippen LogP contribution is -1.88. The van der Waals surface area contributed by atoms with Gasteiger partial charge in [-0.3, -0.25) is 9.38 Å². The second-order valence-electron chi connectivity index (χ2n) is 4.84. The van der Waals surface area contributed by atoms with Crippen molar-refractivity contribution in [2.24, 2.45) is 0 Å². The highest BCUT2D eigenvalue weighted by Crippen LogP contribution is 2.40. The Morgan fingerprint density at radius 3 is 2.67 bits per heavy atom. The van der Waals surface area contributed by atoms with Crippen LogP contribution in [0, 0.1) is 0 Å². The number of fused-ring (bicyclic) bond motifs is 1. The average Bonchev–Trinajstić information content (AvgIpc) is 3.19. The van der Waals surface area contributed by atoms with Crippen molar-refractivity contribution in [2.45, 2.75) is 18.8 Å². The molecule has 4 rings (SSSR count). The van der Waals surface area contributed by atoms with Crippen molar-refractivity contribution in [3.8, 4) is 11.3 Å². The molecule has 0 spiro atoms. The van der Waals surface area contributed by atoms with Gasteiger partial charge in [0, 0.05) is 18.0 Å². The summed E-state index contributed by atoms with van der Waals surface area (Å²) < 4.78 is 2.07. The van der Waals surface area contributed by atoms with Gasteiger partial charge in [-0.15, -0.1) is 0 Å². The fourth-order valence-electron chi connectivity index (χ4n) is 2.40. The van der Waals surface area contributed by atoms with Crippen LogP contribution < -0.4 is 0 Å². The number of hydrogen-bond acceptors (Lipinski definition) is 2. The fourth-order valence-corrected chi connectivity index (χ4v) is 2.40. The maximum atomic E-state index is 4.37. The zero-order chi connectivity index (χ0) is 11.9. The van der Waals surface area contributed by atoms with Crippen molar-refractivity contribution < 1.29 is 0 Å². The van der Waals surface area contributed by atoms with Crippen molar-refractivity contribution in [2.75, 3.05) is 0 Å². The first-order chi connectivity index (χ1) is 8.92. The fraction of sp³-hybridized carbons (Fsp3) is 0.200. The van der Waals surface area contributed by atoms with Gasteiger partial charge in [0.1, 0.15) is 0 Å². The van der Waals surface area contributed by atoms with Crippen LogP contribution in [0.15, 0.2) is 49.1 Å². The highest BCUT2D eigenvalue weighted by Gasteiger charge is 2.23. The number of rotatable bonds is 2. The van der Waals surface area contributed by atoms with Gasteiger partial charge in [0.25, 0.3) is 0 Å². The minimum Gasteiger partial charge on any atom is -0.297 e. The maximum absolute atomic E-state index is 4.37. The third kappa shape index (κ3) is 1.51. The Morgan fingerprint density at radius 1 is 1.06 bits per heavy atom. The van der Waals surface area contributed by atoms with Crippen molar-refractivity contribution >= 4 is 5.65 Å². The summed E-state index contributed by atoms with van der Waals surface area (Å²) in [6.45, 7) is 0. The Bertz CT molecular complexity index is 693. The molecule has 2 heterocycles. The molecule has 88 valence electrons. The van der Waals surface area contributed by atoms with Crippen molar-refractivity contribution in [3.05, 3.63) is 54.6 Å². The van der Waals surface area contributed by atoms with E-state index in [1.807, 2.05) is 12.4 Å². The molecule has 0 saturated heterocycles. The van der Waals surface area contributed by atoms with E-state index in [2.05, 4.69) is 38.6 Å². The summed E-state index contributed by atoms with van der Waals surface area (Å²) in [7, 11) is 0. The summed E-state index contributed by atoms with van der Waals surface area (Å²) in [5.74, 6) is 0.811. The lowest BCUT2D eigenvalue weighted by atomic mass is 10.1. The Morgan fingerprint density at radius 2 is 1.89 bits per heavy atom. The molecule has 3 nitrogen and oxygen atoms in total. The van der Waals surface area contributed by atoms with Crippen LogP contribution in [0.4, 0.5) is 0 Å². The summed E-state index contributed by atoms with van der Waals surface area (Å²) in [4.78, 5) is 8.45. The van der Waals surface area contributed by atoms with Gasteiger partial charge in [-0.2, -0.15) is 0 Å². The predicted molar refractivity (Wildman–Crippen MR) is 70.4 cm³/mol. The molecule has 1 aliphatic carbocycles. The molecular weight excluding hydrogens is 222 g/mol. The zero-order valence-corrected chi connectivity index (χ0v) is 9.95. The molecule has 0 bridgehead atoms. The van der Waals surface area contributed by atoms with Crippen LogP contribution >= 0.6 is 0 Å². The summed E-state index contributed by atoms with van der Waals surface area (Å²) in [5, 5.41) is 0. The van der Waals surface area contributed by atoms with Crippen molar-refractivity contribution in [3.63, 3.8) is 0 Å². The number of aromatic nitrogens is 3. The molecule has 0 amide bonds. The van der Waals surface area contributed by atoms with Crippen molar-refractivity contribution in [1.29, 1.82) is 0 Å². The second kappa shape index (κ2) is 3.67. The van der Waals surface area contributed by atoms with Crippen LogP contribution in [0.2, 0.25) is 0 Å². The average molecular weight is 235 g/mol. The molecule has 2 aromatic heterocycles. The first-order valence-corrected chi connectivity index (χ1v) is 6.29. The molecular formula is C15H13N3. The first-order valence-electron chi connectivity index (χ1n) is 6.29. The molecule has 1 fully saturated rings. The summed E-state index contributed by atoms with van der Waals surface area (Å²) in [6.07, 6.45) is 10.1. The number of imidazole rings is 1. The minimum absolute atomic E-state index is 0.811.